The van der Waals surface area contributed by atoms with E-state index in [0.29, 0.717) is 27.6 Å². The molecular formula is C28H27ClO7. The normalized spacial score (nSPS) is 10.5. The van der Waals surface area contributed by atoms with E-state index in [0.717, 1.165) is 0 Å². The van der Waals surface area contributed by atoms with Gasteiger partial charge in [0.2, 0.25) is 5.78 Å². The second-order valence-electron chi connectivity index (χ2n) is 8.00. The van der Waals surface area contributed by atoms with Crippen LogP contribution in [0.15, 0.2) is 42.5 Å². The van der Waals surface area contributed by atoms with Gasteiger partial charge in [0, 0.05) is 30.0 Å². The molecule has 36 heavy (non-hydrogen) atoms. The molecule has 0 fully saturated rings. The number of ether oxygens (including phenoxy) is 5. The van der Waals surface area contributed by atoms with E-state index in [1.165, 1.54) is 21.3 Å². The summed E-state index contributed by atoms with van der Waals surface area (Å²) in [5.74, 6) is 5.30. The molecule has 3 rings (SSSR count). The molecule has 0 amide bonds. The van der Waals surface area contributed by atoms with E-state index < -0.39 is 11.8 Å². The first-order valence-electron chi connectivity index (χ1n) is 11.1. The van der Waals surface area contributed by atoms with Gasteiger partial charge in [-0.1, -0.05) is 49.6 Å². The average Bonchev–Trinajstić information content (AvgIpc) is 2.88. The number of carbonyl (C=O) groups excluding carboxylic acids is 2. The first-order chi connectivity index (χ1) is 17.3. The Morgan fingerprint density at radius 3 is 2.33 bits per heavy atom. The van der Waals surface area contributed by atoms with Crippen molar-refractivity contribution in [2.45, 2.75) is 20.5 Å². The van der Waals surface area contributed by atoms with Crippen LogP contribution in [0.25, 0.3) is 10.8 Å². The summed E-state index contributed by atoms with van der Waals surface area (Å²) in [5, 5.41) is 1.22. The van der Waals surface area contributed by atoms with Crippen LogP contribution in [0.1, 0.15) is 40.1 Å². The number of methoxy groups -OCH3 is 3. The summed E-state index contributed by atoms with van der Waals surface area (Å²) in [5.41, 5.74) is 0.882. The SMILES string of the molecule is COCOc1c(C(=O)C#CC(C)C)c(COC(=O)c2ccccc2)cc2c(OC)cc(Cl)c(OC)c12. The standard InChI is InChI=1S/C28H27ClO7/c1-17(2)11-12-22(30)24-19(15-35-28(31)18-9-7-6-8-10-18)13-20-23(33-4)14-21(29)26(34-5)25(20)27(24)36-16-32-3/h6-10,13-14,17H,15-16H2,1-5H3. The summed E-state index contributed by atoms with van der Waals surface area (Å²) in [4.78, 5) is 26.1. The second-order valence-corrected chi connectivity index (χ2v) is 8.41. The van der Waals surface area contributed by atoms with Gasteiger partial charge in [-0.25, -0.2) is 4.79 Å². The molecule has 188 valence electrons. The fraction of sp³-hybridized carbons (Fsp3) is 0.286. The molecule has 0 spiro atoms. The highest BCUT2D eigenvalue weighted by atomic mass is 35.5. The molecular weight excluding hydrogens is 484 g/mol. The Balaban J connectivity index is 2.29. The van der Waals surface area contributed by atoms with E-state index in [9.17, 15) is 9.59 Å². The van der Waals surface area contributed by atoms with E-state index in [1.54, 1.807) is 42.5 Å². The van der Waals surface area contributed by atoms with Crippen molar-refractivity contribution in [3.05, 3.63) is 64.2 Å². The predicted octanol–water partition coefficient (Wildman–Crippen LogP) is 5.69. The van der Waals surface area contributed by atoms with Crippen molar-refractivity contribution in [1.29, 1.82) is 0 Å². The zero-order valence-corrected chi connectivity index (χ0v) is 21.5. The van der Waals surface area contributed by atoms with Crippen LogP contribution in [0.3, 0.4) is 0 Å². The van der Waals surface area contributed by atoms with Crippen LogP contribution in [0.4, 0.5) is 0 Å². The van der Waals surface area contributed by atoms with Gasteiger partial charge in [-0.15, -0.1) is 0 Å². The van der Waals surface area contributed by atoms with E-state index in [4.69, 9.17) is 35.3 Å². The number of rotatable bonds is 9. The predicted molar refractivity (Wildman–Crippen MR) is 137 cm³/mol. The van der Waals surface area contributed by atoms with Crippen LogP contribution in [-0.2, 0) is 16.1 Å². The number of hydrogen-bond donors (Lipinski definition) is 0. The summed E-state index contributed by atoms with van der Waals surface area (Å²) in [6.45, 7) is 3.36. The van der Waals surface area contributed by atoms with Gasteiger partial charge in [-0.3, -0.25) is 4.79 Å². The Labute approximate surface area is 215 Å². The fourth-order valence-electron chi connectivity index (χ4n) is 3.58. The molecule has 0 aliphatic rings. The highest BCUT2D eigenvalue weighted by Gasteiger charge is 2.26. The number of halogens is 1. The minimum Gasteiger partial charge on any atom is -0.496 e. The fourth-order valence-corrected chi connectivity index (χ4v) is 3.85. The first-order valence-corrected chi connectivity index (χ1v) is 11.5. The summed E-state index contributed by atoms with van der Waals surface area (Å²) in [6, 6.07) is 11.9. The molecule has 8 heteroatoms. The van der Waals surface area contributed by atoms with Crippen molar-refractivity contribution in [2.75, 3.05) is 28.1 Å². The van der Waals surface area contributed by atoms with E-state index in [-0.39, 0.29) is 41.4 Å². The Bertz CT molecular complexity index is 1320. The Kier molecular flexibility index (Phi) is 9.18. The van der Waals surface area contributed by atoms with Gasteiger partial charge in [0.25, 0.3) is 0 Å². The van der Waals surface area contributed by atoms with Crippen LogP contribution in [-0.4, -0.2) is 39.9 Å². The molecule has 0 atom stereocenters. The molecule has 0 bridgehead atoms. The third-order valence-corrected chi connectivity index (χ3v) is 5.43. The number of Topliss-reactive ketones (excluding diaryl/α,β-unsaturated/α-hetero) is 1. The number of hydrogen-bond acceptors (Lipinski definition) is 7. The Morgan fingerprint density at radius 2 is 1.72 bits per heavy atom. The topological polar surface area (TPSA) is 80.3 Å². The molecule has 7 nitrogen and oxygen atoms in total. The molecule has 3 aromatic carbocycles. The van der Waals surface area contributed by atoms with E-state index in [1.807, 2.05) is 13.8 Å². The third-order valence-electron chi connectivity index (χ3n) is 5.15. The Morgan fingerprint density at radius 1 is 1.00 bits per heavy atom. The number of benzene rings is 3. The molecule has 0 saturated carbocycles. The zero-order valence-electron chi connectivity index (χ0n) is 20.8. The lowest BCUT2D eigenvalue weighted by molar-refractivity contribution is 0.0458. The number of carbonyl (C=O) groups is 2. The molecule has 0 aromatic heterocycles. The molecule has 3 aromatic rings. The van der Waals surface area contributed by atoms with Gasteiger partial charge in [0.15, 0.2) is 6.79 Å². The summed E-state index contributed by atoms with van der Waals surface area (Å²) >= 11 is 6.46. The molecule has 0 radical (unpaired) electrons. The van der Waals surface area contributed by atoms with E-state index in [2.05, 4.69) is 11.8 Å². The lowest BCUT2D eigenvalue weighted by Crippen LogP contribution is -2.12. The molecule has 0 saturated heterocycles. The van der Waals surface area contributed by atoms with Crippen LogP contribution >= 0.6 is 11.6 Å². The molecule has 0 N–H and O–H groups in total. The maximum atomic E-state index is 13.4. The van der Waals surface area contributed by atoms with Gasteiger partial charge >= 0.3 is 5.97 Å². The number of esters is 1. The Hall–Kier alpha value is -3.73. The average molecular weight is 511 g/mol. The number of ketones is 1. The van der Waals surface area contributed by atoms with Gasteiger partial charge in [0.1, 0.15) is 23.9 Å². The van der Waals surface area contributed by atoms with Crippen molar-refractivity contribution < 1.29 is 33.3 Å². The van der Waals surface area contributed by atoms with Gasteiger partial charge in [0.05, 0.1) is 35.8 Å². The minimum absolute atomic E-state index is 0.0406. The summed E-state index contributed by atoms with van der Waals surface area (Å²) in [6.07, 6.45) is 0. The zero-order chi connectivity index (χ0) is 26.2. The molecule has 0 aliphatic heterocycles. The quantitative estimate of drug-likeness (QED) is 0.120. The third kappa shape index (κ3) is 5.91. The highest BCUT2D eigenvalue weighted by Crippen LogP contribution is 2.47. The van der Waals surface area contributed by atoms with Crippen LogP contribution in [0, 0.1) is 17.8 Å². The maximum absolute atomic E-state index is 13.4. The molecule has 0 aliphatic carbocycles. The van der Waals surface area contributed by atoms with Gasteiger partial charge in [-0.05, 0) is 24.1 Å². The minimum atomic E-state index is -0.539. The first kappa shape index (κ1) is 26.9. The molecule has 0 unspecified atom stereocenters. The largest absolute Gasteiger partial charge is 0.496 e. The smallest absolute Gasteiger partial charge is 0.338 e. The van der Waals surface area contributed by atoms with Crippen molar-refractivity contribution in [1.82, 2.24) is 0 Å². The van der Waals surface area contributed by atoms with Gasteiger partial charge in [-0.2, -0.15) is 0 Å². The van der Waals surface area contributed by atoms with Crippen molar-refractivity contribution in [3.8, 4) is 29.1 Å². The van der Waals surface area contributed by atoms with Crippen molar-refractivity contribution >= 4 is 34.1 Å². The monoisotopic (exact) mass is 510 g/mol. The van der Waals surface area contributed by atoms with Crippen LogP contribution in [0.5, 0.6) is 17.2 Å². The van der Waals surface area contributed by atoms with Crippen LogP contribution < -0.4 is 14.2 Å². The van der Waals surface area contributed by atoms with Crippen molar-refractivity contribution in [2.24, 2.45) is 5.92 Å². The van der Waals surface area contributed by atoms with Gasteiger partial charge < -0.3 is 23.7 Å². The lowest BCUT2D eigenvalue weighted by atomic mass is 9.95. The number of fused-ring (bicyclic) bond motifs is 1. The summed E-state index contributed by atoms with van der Waals surface area (Å²) < 4.78 is 27.7. The summed E-state index contributed by atoms with van der Waals surface area (Å²) in [7, 11) is 4.41. The maximum Gasteiger partial charge on any atom is 0.338 e. The lowest BCUT2D eigenvalue weighted by Gasteiger charge is -2.20. The van der Waals surface area contributed by atoms with Crippen LogP contribution in [0.2, 0.25) is 5.02 Å². The highest BCUT2D eigenvalue weighted by molar-refractivity contribution is 6.34. The van der Waals surface area contributed by atoms with Crippen molar-refractivity contribution in [3.63, 3.8) is 0 Å². The second kappa shape index (κ2) is 12.3. The molecule has 0 heterocycles. The van der Waals surface area contributed by atoms with E-state index >= 15 is 0 Å².